The highest BCUT2D eigenvalue weighted by molar-refractivity contribution is 5.82. The number of halogens is 3. The Labute approximate surface area is 180 Å². The van der Waals surface area contributed by atoms with Gasteiger partial charge in [-0.3, -0.25) is 4.79 Å². The zero-order valence-corrected chi connectivity index (χ0v) is 16.7. The summed E-state index contributed by atoms with van der Waals surface area (Å²) in [6, 6.07) is 17.9. The third-order valence-electron chi connectivity index (χ3n) is 4.73. The topological polar surface area (TPSA) is 96.5 Å². The van der Waals surface area contributed by atoms with Gasteiger partial charge in [0.05, 0.1) is 12.2 Å². The predicted molar refractivity (Wildman–Crippen MR) is 112 cm³/mol. The lowest BCUT2D eigenvalue weighted by atomic mass is 9.98. The molecule has 0 aliphatic heterocycles. The number of ether oxygens (including phenoxy) is 1. The van der Waals surface area contributed by atoms with Gasteiger partial charge in [0.15, 0.2) is 0 Å². The molecule has 0 saturated heterocycles. The van der Waals surface area contributed by atoms with Crippen LogP contribution in [0.5, 0.6) is 5.75 Å². The fourth-order valence-corrected chi connectivity index (χ4v) is 3.24. The van der Waals surface area contributed by atoms with Crippen LogP contribution < -0.4 is 10.3 Å². The van der Waals surface area contributed by atoms with E-state index in [9.17, 15) is 18.0 Å². The van der Waals surface area contributed by atoms with E-state index in [-0.39, 0.29) is 24.4 Å². The Bertz CT molecular complexity index is 1220. The second kappa shape index (κ2) is 9.04. The lowest BCUT2D eigenvalue weighted by Gasteiger charge is -2.11. The molecule has 0 saturated carbocycles. The zero-order valence-electron chi connectivity index (χ0n) is 16.7. The first-order chi connectivity index (χ1) is 15.4. The molecule has 2 heterocycles. The molecule has 10 heteroatoms. The third-order valence-corrected chi connectivity index (χ3v) is 4.73. The summed E-state index contributed by atoms with van der Waals surface area (Å²) in [5.41, 5.74) is 2.63. The van der Waals surface area contributed by atoms with Crippen molar-refractivity contribution < 1.29 is 17.9 Å². The van der Waals surface area contributed by atoms with Crippen molar-refractivity contribution in [2.24, 2.45) is 0 Å². The van der Waals surface area contributed by atoms with Crippen molar-refractivity contribution >= 4 is 0 Å². The van der Waals surface area contributed by atoms with Crippen LogP contribution in [0.3, 0.4) is 0 Å². The summed E-state index contributed by atoms with van der Waals surface area (Å²) in [6.45, 7) is -0.0345. The van der Waals surface area contributed by atoms with Crippen LogP contribution in [0.1, 0.15) is 12.8 Å². The molecular formula is C22H18F3N5O2. The third kappa shape index (κ3) is 5.02. The molecule has 0 unspecified atom stereocenters. The maximum absolute atomic E-state index is 12.9. The second-order valence-corrected chi connectivity index (χ2v) is 6.99. The van der Waals surface area contributed by atoms with Gasteiger partial charge in [-0.2, -0.15) is 18.4 Å². The Morgan fingerprint density at radius 1 is 0.969 bits per heavy atom. The van der Waals surface area contributed by atoms with E-state index in [2.05, 4.69) is 25.6 Å². The van der Waals surface area contributed by atoms with Crippen molar-refractivity contribution in [1.82, 2.24) is 25.6 Å². The van der Waals surface area contributed by atoms with E-state index in [1.807, 2.05) is 36.4 Å². The van der Waals surface area contributed by atoms with E-state index >= 15 is 0 Å². The van der Waals surface area contributed by atoms with Crippen LogP contribution in [-0.4, -0.2) is 38.4 Å². The molecule has 7 nitrogen and oxygen atoms in total. The Balaban J connectivity index is 1.62. The zero-order chi connectivity index (χ0) is 22.6. The van der Waals surface area contributed by atoms with Gasteiger partial charge in [0.2, 0.25) is 5.82 Å². The molecule has 0 bridgehead atoms. The number of hydrogen-bond donors (Lipinski definition) is 2. The fourth-order valence-electron chi connectivity index (χ4n) is 3.24. The molecule has 0 radical (unpaired) electrons. The number of aromatic nitrogens is 5. The lowest BCUT2D eigenvalue weighted by molar-refractivity contribution is -0.136. The first kappa shape index (κ1) is 21.3. The molecular weight excluding hydrogens is 423 g/mol. The van der Waals surface area contributed by atoms with Crippen LogP contribution in [0.25, 0.3) is 33.8 Å². The van der Waals surface area contributed by atoms with Gasteiger partial charge in [0.25, 0.3) is 5.56 Å². The molecule has 2 N–H and O–H groups in total. The highest BCUT2D eigenvalue weighted by Gasteiger charge is 2.26. The van der Waals surface area contributed by atoms with Crippen molar-refractivity contribution in [2.75, 3.05) is 6.61 Å². The van der Waals surface area contributed by atoms with Crippen molar-refractivity contribution in [3.8, 4) is 39.5 Å². The molecule has 164 valence electrons. The number of hydrogen-bond acceptors (Lipinski definition) is 5. The number of H-pyrrole nitrogens is 2. The SMILES string of the molecule is O=c1[nH]c(-c2ccc(OCCCC(F)(F)F)cc2)cc(-c2ccccc2)c1-c1nn[nH]n1. The van der Waals surface area contributed by atoms with Crippen molar-refractivity contribution in [3.05, 3.63) is 71.0 Å². The Kier molecular flexibility index (Phi) is 6.02. The molecule has 2 aromatic carbocycles. The van der Waals surface area contributed by atoms with E-state index < -0.39 is 12.6 Å². The minimum Gasteiger partial charge on any atom is -0.494 e. The molecule has 4 rings (SSSR count). The number of benzene rings is 2. The lowest BCUT2D eigenvalue weighted by Crippen LogP contribution is -2.12. The molecule has 0 spiro atoms. The maximum Gasteiger partial charge on any atom is 0.389 e. The van der Waals surface area contributed by atoms with E-state index in [4.69, 9.17) is 4.74 Å². The summed E-state index contributed by atoms with van der Waals surface area (Å²) in [5, 5.41) is 13.8. The van der Waals surface area contributed by atoms with Gasteiger partial charge in [0.1, 0.15) is 5.75 Å². The molecule has 0 fully saturated rings. The molecule has 4 aromatic rings. The molecule has 0 aliphatic rings. The summed E-state index contributed by atoms with van der Waals surface area (Å²) in [7, 11) is 0. The van der Waals surface area contributed by atoms with Crippen LogP contribution in [0.15, 0.2) is 65.5 Å². The average molecular weight is 441 g/mol. The summed E-state index contributed by atoms with van der Waals surface area (Å²) in [4.78, 5) is 15.8. The van der Waals surface area contributed by atoms with Gasteiger partial charge in [-0.25, -0.2) is 0 Å². The fraction of sp³-hybridized carbons (Fsp3) is 0.182. The number of tetrazole rings is 1. The minimum atomic E-state index is -4.19. The van der Waals surface area contributed by atoms with Crippen LogP contribution >= 0.6 is 0 Å². The smallest absolute Gasteiger partial charge is 0.389 e. The largest absolute Gasteiger partial charge is 0.494 e. The number of rotatable bonds is 7. The Hall–Kier alpha value is -3.95. The monoisotopic (exact) mass is 441 g/mol. The van der Waals surface area contributed by atoms with E-state index in [0.29, 0.717) is 28.1 Å². The number of nitrogens with zero attached hydrogens (tertiary/aromatic N) is 3. The molecule has 0 atom stereocenters. The molecule has 0 amide bonds. The summed E-state index contributed by atoms with van der Waals surface area (Å²) >= 11 is 0. The number of alkyl halides is 3. The Morgan fingerprint density at radius 2 is 1.72 bits per heavy atom. The minimum absolute atomic E-state index is 0.0345. The number of nitrogens with one attached hydrogen (secondary N) is 2. The van der Waals surface area contributed by atoms with E-state index in [0.717, 1.165) is 5.56 Å². The quantitative estimate of drug-likeness (QED) is 0.408. The maximum atomic E-state index is 12.9. The first-order valence-corrected chi connectivity index (χ1v) is 9.77. The summed E-state index contributed by atoms with van der Waals surface area (Å²) in [6.07, 6.45) is -5.19. The highest BCUT2D eigenvalue weighted by atomic mass is 19.4. The van der Waals surface area contributed by atoms with Crippen molar-refractivity contribution in [3.63, 3.8) is 0 Å². The van der Waals surface area contributed by atoms with Crippen LogP contribution in [0.4, 0.5) is 13.2 Å². The normalized spacial score (nSPS) is 11.5. The standard InChI is InChI=1S/C22H18F3N5O2/c23-22(24,25)11-4-12-32-16-9-7-15(8-10-16)18-13-17(14-5-2-1-3-6-14)19(21(31)26-18)20-27-29-30-28-20/h1-3,5-10,13H,4,11-12H2,(H,26,31)(H,27,28,29,30). The van der Waals surface area contributed by atoms with Gasteiger partial charge < -0.3 is 9.72 Å². The first-order valence-electron chi connectivity index (χ1n) is 9.77. The van der Waals surface area contributed by atoms with Crippen molar-refractivity contribution in [1.29, 1.82) is 0 Å². The molecule has 2 aromatic heterocycles. The average Bonchev–Trinajstić information content (AvgIpc) is 3.31. The van der Waals surface area contributed by atoms with E-state index in [1.54, 1.807) is 24.3 Å². The van der Waals surface area contributed by atoms with Gasteiger partial charge in [0, 0.05) is 17.7 Å². The Morgan fingerprint density at radius 3 is 2.38 bits per heavy atom. The predicted octanol–water partition coefficient (Wildman–Crippen LogP) is 4.61. The van der Waals surface area contributed by atoms with Gasteiger partial charge in [-0.05, 0) is 53.1 Å². The number of aromatic amines is 2. The highest BCUT2D eigenvalue weighted by Crippen LogP contribution is 2.31. The van der Waals surface area contributed by atoms with Gasteiger partial charge in [-0.15, -0.1) is 10.2 Å². The number of pyridine rings is 1. The van der Waals surface area contributed by atoms with Crippen LogP contribution in [0, 0.1) is 0 Å². The summed E-state index contributed by atoms with van der Waals surface area (Å²) in [5.74, 6) is 0.629. The van der Waals surface area contributed by atoms with Crippen molar-refractivity contribution in [2.45, 2.75) is 19.0 Å². The van der Waals surface area contributed by atoms with E-state index in [1.165, 1.54) is 0 Å². The summed E-state index contributed by atoms with van der Waals surface area (Å²) < 4.78 is 42.1. The van der Waals surface area contributed by atoms with Crippen LogP contribution in [-0.2, 0) is 0 Å². The van der Waals surface area contributed by atoms with Crippen LogP contribution in [0.2, 0.25) is 0 Å². The molecule has 0 aliphatic carbocycles. The van der Waals surface area contributed by atoms with Gasteiger partial charge in [-0.1, -0.05) is 30.3 Å². The molecule has 32 heavy (non-hydrogen) atoms. The second-order valence-electron chi connectivity index (χ2n) is 6.99. The van der Waals surface area contributed by atoms with Gasteiger partial charge >= 0.3 is 6.18 Å².